The van der Waals surface area contributed by atoms with Crippen molar-refractivity contribution in [2.75, 3.05) is 32.6 Å². The highest BCUT2D eigenvalue weighted by atomic mass is 32.2. The topological polar surface area (TPSA) is 63.7 Å². The summed E-state index contributed by atoms with van der Waals surface area (Å²) < 4.78 is 28.2. The molecule has 21 heavy (non-hydrogen) atoms. The molecule has 1 aromatic carbocycles. The Morgan fingerprint density at radius 1 is 1.33 bits per heavy atom. The van der Waals surface area contributed by atoms with Gasteiger partial charge in [-0.3, -0.25) is 4.79 Å². The maximum absolute atomic E-state index is 12.5. The number of carbonyl (C=O) groups excluding carboxylic acids is 1. The van der Waals surface area contributed by atoms with E-state index in [0.717, 1.165) is 19.3 Å². The third-order valence-electron chi connectivity index (χ3n) is 3.70. The first-order chi connectivity index (χ1) is 9.91. The second kappa shape index (κ2) is 6.58. The molecule has 116 valence electrons. The predicted molar refractivity (Wildman–Crippen MR) is 80.1 cm³/mol. The molecule has 0 saturated carbocycles. The van der Waals surface area contributed by atoms with Gasteiger partial charge in [-0.1, -0.05) is 0 Å². The van der Waals surface area contributed by atoms with Crippen molar-refractivity contribution in [1.82, 2.24) is 4.90 Å². The van der Waals surface area contributed by atoms with Crippen LogP contribution in [0.25, 0.3) is 0 Å². The third kappa shape index (κ3) is 4.04. The summed E-state index contributed by atoms with van der Waals surface area (Å²) in [5.74, 6) is 0.327. The van der Waals surface area contributed by atoms with Gasteiger partial charge in [-0.15, -0.1) is 0 Å². The molecule has 0 bridgehead atoms. The zero-order chi connectivity index (χ0) is 15.5. The first-order valence-corrected chi connectivity index (χ1v) is 8.98. The van der Waals surface area contributed by atoms with Gasteiger partial charge in [0.05, 0.1) is 11.5 Å². The Hall–Kier alpha value is -1.40. The maximum atomic E-state index is 12.5. The average Bonchev–Trinajstić information content (AvgIpc) is 2.96. The summed E-state index contributed by atoms with van der Waals surface area (Å²) in [5, 5.41) is 0. The minimum absolute atomic E-state index is 0.0653. The Kier molecular flexibility index (Phi) is 5.00. The normalized spacial score (nSPS) is 18.7. The Labute approximate surface area is 125 Å². The van der Waals surface area contributed by atoms with E-state index in [4.69, 9.17) is 4.74 Å². The number of benzene rings is 1. The molecule has 1 aliphatic rings. The van der Waals surface area contributed by atoms with Crippen molar-refractivity contribution in [1.29, 1.82) is 0 Å². The lowest BCUT2D eigenvalue weighted by atomic mass is 10.1. The number of amides is 1. The first-order valence-electron chi connectivity index (χ1n) is 7.09. The highest BCUT2D eigenvalue weighted by Crippen LogP contribution is 2.17. The fraction of sp³-hybridized carbons (Fsp3) is 0.533. The molecule has 1 heterocycles. The SMILES string of the molecule is CCN(CC1CCOC1)C(=O)c1ccc(S(C)(=O)=O)cc1. The second-order valence-electron chi connectivity index (χ2n) is 5.37. The molecule has 0 spiro atoms. The van der Waals surface area contributed by atoms with Crippen LogP contribution in [0.3, 0.4) is 0 Å². The first kappa shape index (κ1) is 16.0. The van der Waals surface area contributed by atoms with Gasteiger partial charge in [0, 0.05) is 37.4 Å². The highest BCUT2D eigenvalue weighted by molar-refractivity contribution is 7.90. The second-order valence-corrected chi connectivity index (χ2v) is 7.39. The van der Waals surface area contributed by atoms with E-state index in [1.807, 2.05) is 6.92 Å². The quantitative estimate of drug-likeness (QED) is 0.828. The van der Waals surface area contributed by atoms with E-state index in [0.29, 0.717) is 31.2 Å². The summed E-state index contributed by atoms with van der Waals surface area (Å²) in [5.41, 5.74) is 0.517. The van der Waals surface area contributed by atoms with Crippen LogP contribution < -0.4 is 0 Å². The van der Waals surface area contributed by atoms with Crippen LogP contribution in [0.1, 0.15) is 23.7 Å². The standard InChI is InChI=1S/C15H21NO4S/c1-3-16(10-12-8-9-20-11-12)15(17)13-4-6-14(7-5-13)21(2,18)19/h4-7,12H,3,8-11H2,1-2H3. The summed E-state index contributed by atoms with van der Waals surface area (Å²) >= 11 is 0. The lowest BCUT2D eigenvalue weighted by Crippen LogP contribution is -2.35. The molecule has 5 nitrogen and oxygen atoms in total. The minimum Gasteiger partial charge on any atom is -0.381 e. The zero-order valence-electron chi connectivity index (χ0n) is 12.4. The van der Waals surface area contributed by atoms with Crippen LogP contribution in [-0.2, 0) is 14.6 Å². The summed E-state index contributed by atoms with van der Waals surface area (Å²) in [6.07, 6.45) is 2.14. The van der Waals surface area contributed by atoms with Gasteiger partial charge in [-0.2, -0.15) is 0 Å². The molecule has 0 aliphatic carbocycles. The van der Waals surface area contributed by atoms with Crippen molar-refractivity contribution in [2.24, 2.45) is 5.92 Å². The van der Waals surface area contributed by atoms with Gasteiger partial charge in [0.15, 0.2) is 9.84 Å². The van der Waals surface area contributed by atoms with Gasteiger partial charge in [-0.25, -0.2) is 8.42 Å². The maximum Gasteiger partial charge on any atom is 0.253 e. The van der Waals surface area contributed by atoms with Crippen LogP contribution in [0.15, 0.2) is 29.2 Å². The molecule has 1 aromatic rings. The lowest BCUT2D eigenvalue weighted by molar-refractivity contribution is 0.0730. The largest absolute Gasteiger partial charge is 0.381 e. The van der Waals surface area contributed by atoms with Gasteiger partial charge in [0.2, 0.25) is 0 Å². The van der Waals surface area contributed by atoms with Crippen LogP contribution in [-0.4, -0.2) is 51.8 Å². The summed E-state index contributed by atoms with van der Waals surface area (Å²) in [6, 6.07) is 6.11. The molecule has 1 saturated heterocycles. The molecule has 0 radical (unpaired) electrons. The van der Waals surface area contributed by atoms with E-state index < -0.39 is 9.84 Å². The van der Waals surface area contributed by atoms with Crippen molar-refractivity contribution < 1.29 is 17.9 Å². The van der Waals surface area contributed by atoms with E-state index in [1.165, 1.54) is 12.1 Å². The minimum atomic E-state index is -3.23. The lowest BCUT2D eigenvalue weighted by Gasteiger charge is -2.23. The third-order valence-corrected chi connectivity index (χ3v) is 4.83. The number of carbonyl (C=O) groups is 1. The molecule has 1 unspecified atom stereocenters. The highest BCUT2D eigenvalue weighted by Gasteiger charge is 2.22. The number of rotatable bonds is 5. The predicted octanol–water partition coefficient (Wildman–Crippen LogP) is 1.59. The zero-order valence-corrected chi connectivity index (χ0v) is 13.2. The Morgan fingerprint density at radius 3 is 2.48 bits per heavy atom. The average molecular weight is 311 g/mol. The number of hydrogen-bond donors (Lipinski definition) is 0. The van der Waals surface area contributed by atoms with Crippen LogP contribution in [0, 0.1) is 5.92 Å². The number of ether oxygens (including phenoxy) is 1. The number of sulfone groups is 1. The molecular weight excluding hydrogens is 290 g/mol. The molecule has 1 aliphatic heterocycles. The van der Waals surface area contributed by atoms with Crippen LogP contribution >= 0.6 is 0 Å². The Balaban J connectivity index is 2.09. The Bertz CT molecular complexity index is 589. The summed E-state index contributed by atoms with van der Waals surface area (Å²) in [4.78, 5) is 14.5. The van der Waals surface area contributed by atoms with Crippen molar-refractivity contribution in [3.05, 3.63) is 29.8 Å². The van der Waals surface area contributed by atoms with Crippen LogP contribution in [0.2, 0.25) is 0 Å². The molecule has 1 amide bonds. The van der Waals surface area contributed by atoms with E-state index >= 15 is 0 Å². The van der Waals surface area contributed by atoms with Crippen LogP contribution in [0.5, 0.6) is 0 Å². The number of hydrogen-bond acceptors (Lipinski definition) is 4. The van der Waals surface area contributed by atoms with Gasteiger partial charge >= 0.3 is 0 Å². The molecular formula is C15H21NO4S. The van der Waals surface area contributed by atoms with Crippen molar-refractivity contribution in [3.8, 4) is 0 Å². The molecule has 6 heteroatoms. The molecule has 0 N–H and O–H groups in total. The van der Waals surface area contributed by atoms with E-state index in [1.54, 1.807) is 17.0 Å². The van der Waals surface area contributed by atoms with Crippen LogP contribution in [0.4, 0.5) is 0 Å². The van der Waals surface area contributed by atoms with E-state index in [2.05, 4.69) is 0 Å². The molecule has 1 fully saturated rings. The molecule has 0 aromatic heterocycles. The van der Waals surface area contributed by atoms with Crippen molar-refractivity contribution >= 4 is 15.7 Å². The van der Waals surface area contributed by atoms with Crippen molar-refractivity contribution in [3.63, 3.8) is 0 Å². The Morgan fingerprint density at radius 2 is 2.00 bits per heavy atom. The van der Waals surface area contributed by atoms with Crippen molar-refractivity contribution in [2.45, 2.75) is 18.2 Å². The monoisotopic (exact) mass is 311 g/mol. The summed E-state index contributed by atoms with van der Waals surface area (Å²) in [6.45, 7) is 4.72. The van der Waals surface area contributed by atoms with E-state index in [9.17, 15) is 13.2 Å². The fourth-order valence-corrected chi connectivity index (χ4v) is 3.05. The van der Waals surface area contributed by atoms with Gasteiger partial charge in [0.25, 0.3) is 5.91 Å². The van der Waals surface area contributed by atoms with E-state index in [-0.39, 0.29) is 10.8 Å². The molecule has 2 rings (SSSR count). The van der Waals surface area contributed by atoms with Gasteiger partial charge in [0.1, 0.15) is 0 Å². The molecule has 1 atom stereocenters. The number of nitrogens with zero attached hydrogens (tertiary/aromatic N) is 1. The fourth-order valence-electron chi connectivity index (χ4n) is 2.42. The summed E-state index contributed by atoms with van der Waals surface area (Å²) in [7, 11) is -3.23. The van der Waals surface area contributed by atoms with Gasteiger partial charge in [-0.05, 0) is 37.6 Å². The van der Waals surface area contributed by atoms with Gasteiger partial charge < -0.3 is 9.64 Å². The smallest absolute Gasteiger partial charge is 0.253 e.